The van der Waals surface area contributed by atoms with E-state index >= 15 is 0 Å². The van der Waals surface area contributed by atoms with E-state index in [1.54, 1.807) is 12.4 Å². The van der Waals surface area contributed by atoms with E-state index in [0.717, 1.165) is 12.8 Å². The fourth-order valence-electron chi connectivity index (χ4n) is 1.70. The minimum atomic E-state index is -0.0654. The maximum absolute atomic E-state index is 11.5. The predicted octanol–water partition coefficient (Wildman–Crippen LogP) is 1.38. The van der Waals surface area contributed by atoms with E-state index in [1.165, 1.54) is 23.7 Å². The Morgan fingerprint density at radius 2 is 2.23 bits per heavy atom. The number of carbonyl (C=O) groups is 1. The molecule has 0 radical (unpaired) electrons. The third-order valence-electron chi connectivity index (χ3n) is 2.42. The van der Waals surface area contributed by atoms with Crippen LogP contribution in [0.5, 0.6) is 0 Å². The van der Waals surface area contributed by atoms with Crippen LogP contribution in [0.3, 0.4) is 0 Å². The smallest absolute Gasteiger partial charge is 0.327 e. The molecule has 1 aliphatic carbocycles. The van der Waals surface area contributed by atoms with Gasteiger partial charge in [0, 0.05) is 18.4 Å². The summed E-state index contributed by atoms with van der Waals surface area (Å²) < 4.78 is 1.47. The van der Waals surface area contributed by atoms with Crippen LogP contribution in [-0.2, 0) is 0 Å². The number of hydrogen-bond acceptors (Lipinski definition) is 2. The van der Waals surface area contributed by atoms with Crippen LogP contribution in [0, 0.1) is 0 Å². The molecular formula is C9H13N3O. The standard InChI is InChI=1S/C9H13N3O/c13-9(12-6-5-10-7-12)11-8-3-1-2-4-8/h5-8H,1-4H2,(H,11,13). The average Bonchev–Trinajstić information content (AvgIpc) is 2.74. The molecule has 2 rings (SSSR count). The number of aromatic nitrogens is 2. The van der Waals surface area contributed by atoms with Gasteiger partial charge >= 0.3 is 6.03 Å². The molecule has 1 aromatic heterocycles. The summed E-state index contributed by atoms with van der Waals surface area (Å²) in [5.41, 5.74) is 0. The molecule has 0 spiro atoms. The number of amides is 1. The fourth-order valence-corrected chi connectivity index (χ4v) is 1.70. The summed E-state index contributed by atoms with van der Waals surface area (Å²) in [6.45, 7) is 0. The fraction of sp³-hybridized carbons (Fsp3) is 0.556. The monoisotopic (exact) mass is 179 g/mol. The molecule has 1 saturated carbocycles. The first-order valence-electron chi connectivity index (χ1n) is 4.65. The zero-order valence-corrected chi connectivity index (χ0v) is 7.44. The summed E-state index contributed by atoms with van der Waals surface area (Å²) in [7, 11) is 0. The molecule has 13 heavy (non-hydrogen) atoms. The van der Waals surface area contributed by atoms with Crippen molar-refractivity contribution in [1.29, 1.82) is 0 Å². The van der Waals surface area contributed by atoms with E-state index in [1.807, 2.05) is 0 Å². The van der Waals surface area contributed by atoms with Crippen molar-refractivity contribution < 1.29 is 4.79 Å². The molecule has 0 saturated heterocycles. The number of rotatable bonds is 1. The van der Waals surface area contributed by atoms with Crippen molar-refractivity contribution in [3.8, 4) is 0 Å². The van der Waals surface area contributed by atoms with Gasteiger partial charge in [-0.25, -0.2) is 9.78 Å². The first-order valence-corrected chi connectivity index (χ1v) is 4.65. The van der Waals surface area contributed by atoms with Crippen molar-refractivity contribution in [2.24, 2.45) is 0 Å². The van der Waals surface area contributed by atoms with Gasteiger partial charge in [-0.05, 0) is 12.8 Å². The molecule has 1 N–H and O–H groups in total. The quantitative estimate of drug-likeness (QED) is 0.708. The number of hydrogen-bond donors (Lipinski definition) is 1. The lowest BCUT2D eigenvalue weighted by molar-refractivity contribution is 0.238. The van der Waals surface area contributed by atoms with Crippen LogP contribution >= 0.6 is 0 Å². The molecule has 1 aliphatic rings. The summed E-state index contributed by atoms with van der Waals surface area (Å²) in [4.78, 5) is 15.3. The second-order valence-corrected chi connectivity index (χ2v) is 3.40. The first-order chi connectivity index (χ1) is 6.36. The average molecular weight is 179 g/mol. The van der Waals surface area contributed by atoms with Gasteiger partial charge in [0.1, 0.15) is 6.33 Å². The van der Waals surface area contributed by atoms with Crippen molar-refractivity contribution in [3.63, 3.8) is 0 Å². The van der Waals surface area contributed by atoms with Crippen LogP contribution in [0.1, 0.15) is 25.7 Å². The molecule has 1 aromatic rings. The van der Waals surface area contributed by atoms with Crippen LogP contribution in [0.4, 0.5) is 4.79 Å². The Kier molecular flexibility index (Phi) is 2.29. The van der Waals surface area contributed by atoms with Crippen molar-refractivity contribution in [1.82, 2.24) is 14.9 Å². The lowest BCUT2D eigenvalue weighted by Crippen LogP contribution is -2.35. The van der Waals surface area contributed by atoms with E-state index in [0.29, 0.717) is 6.04 Å². The van der Waals surface area contributed by atoms with Crippen LogP contribution in [0.15, 0.2) is 18.7 Å². The van der Waals surface area contributed by atoms with Gasteiger partial charge in [0.15, 0.2) is 0 Å². The molecule has 70 valence electrons. The third kappa shape index (κ3) is 1.88. The summed E-state index contributed by atoms with van der Waals surface area (Å²) >= 11 is 0. The number of nitrogens with one attached hydrogen (secondary N) is 1. The van der Waals surface area contributed by atoms with Gasteiger partial charge in [-0.15, -0.1) is 0 Å². The summed E-state index contributed by atoms with van der Waals surface area (Å²) in [6.07, 6.45) is 9.47. The second kappa shape index (κ2) is 3.60. The molecule has 0 atom stereocenters. The van der Waals surface area contributed by atoms with Gasteiger partial charge in [0.05, 0.1) is 0 Å². The lowest BCUT2D eigenvalue weighted by Gasteiger charge is -2.11. The van der Waals surface area contributed by atoms with E-state index in [-0.39, 0.29) is 6.03 Å². The Hall–Kier alpha value is -1.32. The molecule has 1 heterocycles. The van der Waals surface area contributed by atoms with Gasteiger partial charge in [-0.3, -0.25) is 4.57 Å². The van der Waals surface area contributed by atoms with Crippen LogP contribution < -0.4 is 5.32 Å². The van der Waals surface area contributed by atoms with E-state index in [9.17, 15) is 4.79 Å². The van der Waals surface area contributed by atoms with Crippen molar-refractivity contribution in [2.45, 2.75) is 31.7 Å². The topological polar surface area (TPSA) is 46.9 Å². The van der Waals surface area contributed by atoms with Crippen molar-refractivity contribution in [2.75, 3.05) is 0 Å². The van der Waals surface area contributed by atoms with E-state index < -0.39 is 0 Å². The Morgan fingerprint density at radius 3 is 2.85 bits per heavy atom. The lowest BCUT2D eigenvalue weighted by atomic mass is 10.3. The maximum atomic E-state index is 11.5. The maximum Gasteiger partial charge on any atom is 0.327 e. The number of imidazole rings is 1. The van der Waals surface area contributed by atoms with Gasteiger partial charge in [0.25, 0.3) is 0 Å². The SMILES string of the molecule is O=C(NC1CCCC1)n1ccnc1. The highest BCUT2D eigenvalue weighted by Crippen LogP contribution is 2.17. The zero-order chi connectivity index (χ0) is 9.10. The molecule has 4 heteroatoms. The number of nitrogens with zero attached hydrogens (tertiary/aromatic N) is 2. The first kappa shape index (κ1) is 8.29. The Balaban J connectivity index is 1.91. The zero-order valence-electron chi connectivity index (χ0n) is 7.44. The Labute approximate surface area is 77.0 Å². The molecule has 0 unspecified atom stereocenters. The molecule has 4 nitrogen and oxygen atoms in total. The van der Waals surface area contributed by atoms with Crippen molar-refractivity contribution in [3.05, 3.63) is 18.7 Å². The molecule has 1 amide bonds. The molecule has 0 aromatic carbocycles. The predicted molar refractivity (Wildman–Crippen MR) is 48.4 cm³/mol. The third-order valence-corrected chi connectivity index (χ3v) is 2.42. The number of carbonyl (C=O) groups excluding carboxylic acids is 1. The summed E-state index contributed by atoms with van der Waals surface area (Å²) in [5, 5.41) is 2.97. The highest BCUT2D eigenvalue weighted by molar-refractivity contribution is 5.76. The molecule has 1 fully saturated rings. The molecule has 0 bridgehead atoms. The Morgan fingerprint density at radius 1 is 1.46 bits per heavy atom. The van der Waals surface area contributed by atoms with Gasteiger partial charge in [-0.1, -0.05) is 12.8 Å². The van der Waals surface area contributed by atoms with Gasteiger partial charge in [0.2, 0.25) is 0 Å². The van der Waals surface area contributed by atoms with Gasteiger partial charge < -0.3 is 5.32 Å². The second-order valence-electron chi connectivity index (χ2n) is 3.40. The van der Waals surface area contributed by atoms with Crippen LogP contribution in [-0.4, -0.2) is 21.6 Å². The van der Waals surface area contributed by atoms with Gasteiger partial charge in [-0.2, -0.15) is 0 Å². The summed E-state index contributed by atoms with van der Waals surface area (Å²) in [6, 6.07) is 0.305. The minimum Gasteiger partial charge on any atom is -0.335 e. The van der Waals surface area contributed by atoms with Crippen LogP contribution in [0.25, 0.3) is 0 Å². The molecular weight excluding hydrogens is 166 g/mol. The summed E-state index contributed by atoms with van der Waals surface area (Å²) in [5.74, 6) is 0. The highest BCUT2D eigenvalue weighted by Gasteiger charge is 2.17. The Bertz CT molecular complexity index is 275. The minimum absolute atomic E-state index is 0.0654. The van der Waals surface area contributed by atoms with E-state index in [4.69, 9.17) is 0 Å². The molecule has 0 aliphatic heterocycles. The normalized spacial score (nSPS) is 17.5. The highest BCUT2D eigenvalue weighted by atomic mass is 16.2. The van der Waals surface area contributed by atoms with Crippen LogP contribution in [0.2, 0.25) is 0 Å². The largest absolute Gasteiger partial charge is 0.335 e. The van der Waals surface area contributed by atoms with E-state index in [2.05, 4.69) is 10.3 Å². The van der Waals surface area contributed by atoms with Crippen molar-refractivity contribution >= 4 is 6.03 Å².